The Bertz CT molecular complexity index is 597. The number of allylic oxidation sites excluding steroid dienone is 1. The highest BCUT2D eigenvalue weighted by Gasteiger charge is 2.19. The van der Waals surface area contributed by atoms with Crippen LogP contribution in [-0.2, 0) is 0 Å². The molecule has 0 spiro atoms. The van der Waals surface area contributed by atoms with Crippen LogP contribution in [-0.4, -0.2) is 17.6 Å². The summed E-state index contributed by atoms with van der Waals surface area (Å²) >= 11 is 0. The highest BCUT2D eigenvalue weighted by Crippen LogP contribution is 2.21. The third-order valence-corrected chi connectivity index (χ3v) is 3.66. The van der Waals surface area contributed by atoms with Crippen molar-refractivity contribution in [1.29, 1.82) is 0 Å². The van der Waals surface area contributed by atoms with Crippen molar-refractivity contribution in [3.05, 3.63) is 48.2 Å². The summed E-state index contributed by atoms with van der Waals surface area (Å²) < 4.78 is 0. The number of hydrogen-bond acceptors (Lipinski definition) is 2. The minimum Gasteiger partial charge on any atom is -0.314 e. The third-order valence-electron chi connectivity index (χ3n) is 3.66. The van der Waals surface area contributed by atoms with Crippen molar-refractivity contribution in [2.24, 2.45) is 0 Å². The van der Waals surface area contributed by atoms with Gasteiger partial charge in [0.1, 0.15) is 0 Å². The van der Waals surface area contributed by atoms with Crippen LogP contribution in [0.5, 0.6) is 0 Å². The molecule has 0 unspecified atom stereocenters. The zero-order valence-electron chi connectivity index (χ0n) is 11.4. The molecule has 1 aromatic carbocycles. The van der Waals surface area contributed by atoms with Crippen molar-refractivity contribution in [2.45, 2.75) is 32.2 Å². The van der Waals surface area contributed by atoms with Crippen LogP contribution in [0.3, 0.4) is 0 Å². The maximum absolute atomic E-state index is 4.35. The van der Waals surface area contributed by atoms with E-state index in [-0.39, 0.29) is 0 Å². The van der Waals surface area contributed by atoms with Crippen LogP contribution in [0.4, 0.5) is 0 Å². The Kier molecular flexibility index (Phi) is 3.60. The summed E-state index contributed by atoms with van der Waals surface area (Å²) in [5.41, 5.74) is 3.71. The Morgan fingerprint density at radius 3 is 3.11 bits per heavy atom. The van der Waals surface area contributed by atoms with E-state index in [0.29, 0.717) is 0 Å². The topological polar surface area (TPSA) is 24.9 Å². The van der Waals surface area contributed by atoms with Crippen molar-refractivity contribution < 1.29 is 0 Å². The molecule has 1 fully saturated rings. The van der Waals surface area contributed by atoms with E-state index < -0.39 is 0 Å². The lowest BCUT2D eigenvalue weighted by Crippen LogP contribution is -2.16. The SMILES string of the molecule is C/C(=C/CCNC1CC1)c1ccc2ncccc2c1. The van der Waals surface area contributed by atoms with Gasteiger partial charge in [0, 0.05) is 17.6 Å². The van der Waals surface area contributed by atoms with Gasteiger partial charge in [-0.1, -0.05) is 18.2 Å². The molecular formula is C17H20N2. The van der Waals surface area contributed by atoms with E-state index >= 15 is 0 Å². The normalized spacial score (nSPS) is 15.9. The van der Waals surface area contributed by atoms with Gasteiger partial charge in [0.2, 0.25) is 0 Å². The van der Waals surface area contributed by atoms with Crippen LogP contribution in [0.15, 0.2) is 42.6 Å². The van der Waals surface area contributed by atoms with Crippen molar-refractivity contribution in [2.75, 3.05) is 6.54 Å². The fraction of sp³-hybridized carbons (Fsp3) is 0.353. The maximum atomic E-state index is 4.35. The molecule has 0 atom stereocenters. The van der Waals surface area contributed by atoms with E-state index in [1.807, 2.05) is 12.3 Å². The van der Waals surface area contributed by atoms with Gasteiger partial charge in [0.25, 0.3) is 0 Å². The zero-order valence-corrected chi connectivity index (χ0v) is 11.4. The monoisotopic (exact) mass is 252 g/mol. The van der Waals surface area contributed by atoms with E-state index in [0.717, 1.165) is 24.5 Å². The van der Waals surface area contributed by atoms with Gasteiger partial charge >= 0.3 is 0 Å². The summed E-state index contributed by atoms with van der Waals surface area (Å²) in [6.45, 7) is 3.28. The molecule has 1 N–H and O–H groups in total. The largest absolute Gasteiger partial charge is 0.314 e. The standard InChI is InChI=1S/C17H20N2/c1-13(4-2-10-18-16-7-8-16)14-6-9-17-15(12-14)5-3-11-19-17/h3-6,9,11-12,16,18H,2,7-8,10H2,1H3/b13-4-. The van der Waals surface area contributed by atoms with Gasteiger partial charge in [0.15, 0.2) is 0 Å². The zero-order chi connectivity index (χ0) is 13.1. The summed E-state index contributed by atoms with van der Waals surface area (Å²) in [6.07, 6.45) is 8.00. The van der Waals surface area contributed by atoms with Crippen molar-refractivity contribution in [3.8, 4) is 0 Å². The summed E-state index contributed by atoms with van der Waals surface area (Å²) in [6, 6.07) is 11.4. The maximum Gasteiger partial charge on any atom is 0.0702 e. The fourth-order valence-electron chi connectivity index (χ4n) is 2.30. The Morgan fingerprint density at radius 1 is 1.37 bits per heavy atom. The summed E-state index contributed by atoms with van der Waals surface area (Å²) in [7, 11) is 0. The second-order valence-electron chi connectivity index (χ2n) is 5.32. The van der Waals surface area contributed by atoms with Crippen molar-refractivity contribution >= 4 is 16.5 Å². The van der Waals surface area contributed by atoms with Gasteiger partial charge in [-0.25, -0.2) is 0 Å². The number of fused-ring (bicyclic) bond motifs is 1. The predicted octanol–water partition coefficient (Wildman–Crippen LogP) is 3.78. The first-order valence-corrected chi connectivity index (χ1v) is 7.08. The lowest BCUT2D eigenvalue weighted by molar-refractivity contribution is 0.690. The van der Waals surface area contributed by atoms with Crippen LogP contribution < -0.4 is 5.32 Å². The van der Waals surface area contributed by atoms with Crippen LogP contribution in [0, 0.1) is 0 Å². The molecule has 1 saturated carbocycles. The van der Waals surface area contributed by atoms with Gasteiger partial charge in [-0.3, -0.25) is 4.98 Å². The average molecular weight is 252 g/mol. The second kappa shape index (κ2) is 5.54. The molecule has 1 heterocycles. The fourth-order valence-corrected chi connectivity index (χ4v) is 2.30. The van der Waals surface area contributed by atoms with Crippen molar-refractivity contribution in [3.63, 3.8) is 0 Å². The highest BCUT2D eigenvalue weighted by atomic mass is 14.9. The van der Waals surface area contributed by atoms with Crippen LogP contribution in [0.25, 0.3) is 16.5 Å². The summed E-state index contributed by atoms with van der Waals surface area (Å²) in [5.74, 6) is 0. The summed E-state index contributed by atoms with van der Waals surface area (Å²) in [5, 5.41) is 4.75. The first kappa shape index (κ1) is 12.4. The van der Waals surface area contributed by atoms with E-state index in [4.69, 9.17) is 0 Å². The lowest BCUT2D eigenvalue weighted by atomic mass is 10.0. The number of aromatic nitrogens is 1. The van der Waals surface area contributed by atoms with Gasteiger partial charge < -0.3 is 5.32 Å². The molecule has 0 aliphatic heterocycles. The Hall–Kier alpha value is -1.67. The molecule has 0 amide bonds. The Balaban J connectivity index is 1.68. The molecular weight excluding hydrogens is 232 g/mol. The van der Waals surface area contributed by atoms with E-state index in [9.17, 15) is 0 Å². The van der Waals surface area contributed by atoms with Gasteiger partial charge in [-0.15, -0.1) is 0 Å². The van der Waals surface area contributed by atoms with Crippen molar-refractivity contribution in [1.82, 2.24) is 10.3 Å². The van der Waals surface area contributed by atoms with Gasteiger partial charge in [0.05, 0.1) is 5.52 Å². The van der Waals surface area contributed by atoms with Gasteiger partial charge in [-0.05, 0) is 62.1 Å². The van der Waals surface area contributed by atoms with E-state index in [1.54, 1.807) is 0 Å². The quantitative estimate of drug-likeness (QED) is 0.819. The number of pyridine rings is 1. The lowest BCUT2D eigenvalue weighted by Gasteiger charge is -2.05. The van der Waals surface area contributed by atoms with Crippen LogP contribution in [0.2, 0.25) is 0 Å². The molecule has 1 aliphatic carbocycles. The molecule has 0 bridgehead atoms. The smallest absolute Gasteiger partial charge is 0.0702 e. The molecule has 3 rings (SSSR count). The minimum absolute atomic E-state index is 0.806. The first-order valence-electron chi connectivity index (χ1n) is 7.08. The number of rotatable bonds is 5. The number of nitrogens with zero attached hydrogens (tertiary/aromatic N) is 1. The molecule has 1 aromatic heterocycles. The summed E-state index contributed by atoms with van der Waals surface area (Å²) in [4.78, 5) is 4.35. The Morgan fingerprint density at radius 2 is 2.26 bits per heavy atom. The molecule has 1 aliphatic rings. The first-order chi connectivity index (χ1) is 9.33. The Labute approximate surface area is 114 Å². The molecule has 19 heavy (non-hydrogen) atoms. The number of nitrogens with one attached hydrogen (secondary N) is 1. The minimum atomic E-state index is 0.806. The highest BCUT2D eigenvalue weighted by molar-refractivity contribution is 5.82. The number of benzene rings is 1. The molecule has 0 radical (unpaired) electrons. The predicted molar refractivity (Wildman–Crippen MR) is 81.0 cm³/mol. The molecule has 2 heteroatoms. The molecule has 0 saturated heterocycles. The number of hydrogen-bond donors (Lipinski definition) is 1. The molecule has 2 aromatic rings. The molecule has 98 valence electrons. The van der Waals surface area contributed by atoms with Gasteiger partial charge in [-0.2, -0.15) is 0 Å². The average Bonchev–Trinajstić information content (AvgIpc) is 3.27. The van der Waals surface area contributed by atoms with Crippen LogP contribution in [0.1, 0.15) is 31.7 Å². The third kappa shape index (κ3) is 3.21. The van der Waals surface area contributed by atoms with E-state index in [2.05, 4.69) is 47.6 Å². The van der Waals surface area contributed by atoms with E-state index in [1.165, 1.54) is 29.4 Å². The van der Waals surface area contributed by atoms with Crippen LogP contribution >= 0.6 is 0 Å². The second-order valence-corrected chi connectivity index (χ2v) is 5.32. The molecule has 2 nitrogen and oxygen atoms in total.